The van der Waals surface area contributed by atoms with E-state index in [2.05, 4.69) is 4.99 Å². The number of amidine groups is 1. The third-order valence-corrected chi connectivity index (χ3v) is 3.73. The zero-order valence-electron chi connectivity index (χ0n) is 11.9. The van der Waals surface area contributed by atoms with Crippen molar-refractivity contribution >= 4 is 35.7 Å². The van der Waals surface area contributed by atoms with Crippen LogP contribution in [0.3, 0.4) is 0 Å². The summed E-state index contributed by atoms with van der Waals surface area (Å²) in [5.41, 5.74) is 4.25. The SMILES string of the molecule is CC(C=O)OCC1(CCl)CC(F)C(=[N+]2C=CC(N)=NC2=O)O1. The third kappa shape index (κ3) is 3.33. The van der Waals surface area contributed by atoms with E-state index in [1.807, 2.05) is 0 Å². The zero-order valence-corrected chi connectivity index (χ0v) is 12.6. The smallest absolute Gasteiger partial charge is 0.452 e. The van der Waals surface area contributed by atoms with Crippen LogP contribution in [0.4, 0.5) is 9.18 Å². The fraction of sp³-hybridized carbons (Fsp3) is 0.538. The highest BCUT2D eigenvalue weighted by molar-refractivity contribution is 6.18. The molecule has 2 rings (SSSR count). The Labute approximate surface area is 131 Å². The minimum absolute atomic E-state index is 0.0296. The van der Waals surface area contributed by atoms with Crippen LogP contribution < -0.4 is 5.73 Å². The second-order valence-electron chi connectivity index (χ2n) is 5.09. The molecule has 0 aromatic carbocycles. The number of hydrogen-bond acceptors (Lipinski definition) is 5. The van der Waals surface area contributed by atoms with Gasteiger partial charge in [0.15, 0.2) is 5.60 Å². The maximum absolute atomic E-state index is 14.3. The average molecular weight is 333 g/mol. The summed E-state index contributed by atoms with van der Waals surface area (Å²) < 4.78 is 26.1. The average Bonchev–Trinajstić information content (AvgIpc) is 2.82. The Balaban J connectivity index is 2.22. The summed E-state index contributed by atoms with van der Waals surface area (Å²) in [6, 6.07) is -0.745. The summed E-state index contributed by atoms with van der Waals surface area (Å²) in [5.74, 6) is -0.234. The second-order valence-corrected chi connectivity index (χ2v) is 5.35. The van der Waals surface area contributed by atoms with E-state index in [0.717, 1.165) is 4.58 Å². The van der Waals surface area contributed by atoms with E-state index < -0.39 is 23.9 Å². The lowest BCUT2D eigenvalue weighted by Crippen LogP contribution is -2.39. The standard InChI is InChI=1S/C13H15ClFN3O4/c1-8(5-19)21-7-13(6-14)4-9(15)11(22-13)18-3-2-10(16)17-12(18)20/h2-3,5,8-9H,4,6-7H2,1H3,(H-,16,17,20)/p+1. The first-order valence-electron chi connectivity index (χ1n) is 6.59. The molecule has 1 fully saturated rings. The van der Waals surface area contributed by atoms with Crippen LogP contribution in [0, 0.1) is 0 Å². The van der Waals surface area contributed by atoms with Crippen LogP contribution in [0.5, 0.6) is 0 Å². The van der Waals surface area contributed by atoms with E-state index in [4.69, 9.17) is 26.8 Å². The lowest BCUT2D eigenvalue weighted by atomic mass is 10.0. The van der Waals surface area contributed by atoms with Gasteiger partial charge in [0.05, 0.1) is 12.5 Å². The first-order valence-corrected chi connectivity index (χ1v) is 7.12. The molecule has 2 aliphatic heterocycles. The molecule has 0 bridgehead atoms. The first-order chi connectivity index (χ1) is 10.4. The molecule has 0 radical (unpaired) electrons. The number of amides is 2. The van der Waals surface area contributed by atoms with Gasteiger partial charge in [-0.3, -0.25) is 0 Å². The van der Waals surface area contributed by atoms with Gasteiger partial charge >= 0.3 is 11.9 Å². The molecule has 2 aliphatic rings. The number of hydrogen-bond donors (Lipinski definition) is 1. The topological polar surface area (TPSA) is 94.0 Å². The maximum Gasteiger partial charge on any atom is 0.549 e. The normalized spacial score (nSPS) is 32.6. The monoisotopic (exact) mass is 332 g/mol. The summed E-state index contributed by atoms with van der Waals surface area (Å²) >= 11 is 5.88. The van der Waals surface area contributed by atoms with Crippen LogP contribution in [0.1, 0.15) is 13.3 Å². The number of carbonyl (C=O) groups excluding carboxylic acids is 2. The predicted molar refractivity (Wildman–Crippen MR) is 77.0 cm³/mol. The highest BCUT2D eigenvalue weighted by Gasteiger charge is 2.50. The third-order valence-electron chi connectivity index (χ3n) is 3.25. The van der Waals surface area contributed by atoms with E-state index in [1.54, 1.807) is 6.92 Å². The van der Waals surface area contributed by atoms with Crippen molar-refractivity contribution in [3.8, 4) is 0 Å². The van der Waals surface area contributed by atoms with E-state index in [1.165, 1.54) is 12.3 Å². The molecule has 2 amide bonds. The van der Waals surface area contributed by atoms with Gasteiger partial charge < -0.3 is 20.0 Å². The van der Waals surface area contributed by atoms with Crippen molar-refractivity contribution in [1.29, 1.82) is 0 Å². The number of aliphatic imine (C=N–C) groups is 1. The van der Waals surface area contributed by atoms with Crippen LogP contribution in [0.25, 0.3) is 0 Å². The quantitative estimate of drug-likeness (QED) is 0.455. The first kappa shape index (κ1) is 16.6. The number of halogens is 2. The van der Waals surface area contributed by atoms with Crippen molar-refractivity contribution < 1.29 is 28.0 Å². The molecule has 0 aromatic heterocycles. The van der Waals surface area contributed by atoms with Gasteiger partial charge in [0.2, 0.25) is 12.0 Å². The maximum atomic E-state index is 14.3. The van der Waals surface area contributed by atoms with Crippen LogP contribution in [-0.4, -0.2) is 59.0 Å². The summed E-state index contributed by atoms with van der Waals surface area (Å²) in [6.45, 7) is 1.48. The fourth-order valence-electron chi connectivity index (χ4n) is 2.06. The number of ether oxygens (including phenoxy) is 2. The minimum Gasteiger partial charge on any atom is -0.452 e. The molecule has 0 spiro atoms. The number of alkyl halides is 2. The number of rotatable bonds is 5. The molecule has 0 aromatic rings. The second kappa shape index (κ2) is 6.53. The Morgan fingerprint density at radius 1 is 1.77 bits per heavy atom. The molecule has 7 nitrogen and oxygen atoms in total. The Kier molecular flexibility index (Phi) is 4.92. The highest BCUT2D eigenvalue weighted by atomic mass is 35.5. The van der Waals surface area contributed by atoms with Gasteiger partial charge in [-0.15, -0.1) is 16.2 Å². The number of urea groups is 1. The molecule has 0 saturated carbocycles. The van der Waals surface area contributed by atoms with Crippen LogP contribution in [0.15, 0.2) is 17.3 Å². The zero-order chi connectivity index (χ0) is 16.3. The molecule has 2 N–H and O–H groups in total. The number of nitrogens with two attached hydrogens (primary N) is 1. The molecule has 9 heteroatoms. The van der Waals surface area contributed by atoms with Gasteiger partial charge in [0.1, 0.15) is 18.6 Å². The molecular weight excluding hydrogens is 317 g/mol. The van der Waals surface area contributed by atoms with Crippen LogP contribution in [0.2, 0.25) is 0 Å². The number of aldehydes is 1. The van der Waals surface area contributed by atoms with Gasteiger partial charge in [0, 0.05) is 17.5 Å². The molecule has 22 heavy (non-hydrogen) atoms. The van der Waals surface area contributed by atoms with Crippen molar-refractivity contribution in [3.05, 3.63) is 12.3 Å². The molecule has 2 heterocycles. The van der Waals surface area contributed by atoms with Gasteiger partial charge in [-0.2, -0.15) is 4.79 Å². The lowest BCUT2D eigenvalue weighted by Gasteiger charge is -2.25. The Bertz CT molecular complexity index is 578. The van der Waals surface area contributed by atoms with E-state index >= 15 is 0 Å². The van der Waals surface area contributed by atoms with E-state index in [9.17, 15) is 14.0 Å². The Morgan fingerprint density at radius 2 is 2.50 bits per heavy atom. The summed E-state index contributed by atoms with van der Waals surface area (Å²) in [6.07, 6.45) is 0.961. The molecule has 120 valence electrons. The lowest BCUT2D eigenvalue weighted by molar-refractivity contribution is -0.364. The molecule has 3 unspecified atom stereocenters. The predicted octanol–water partition coefficient (Wildman–Crippen LogP) is 0.742. The summed E-state index contributed by atoms with van der Waals surface area (Å²) in [4.78, 5) is 25.9. The summed E-state index contributed by atoms with van der Waals surface area (Å²) in [5, 5.41) is 0. The molecular formula is C13H16ClFN3O4+. The fourth-order valence-corrected chi connectivity index (χ4v) is 2.30. The summed E-state index contributed by atoms with van der Waals surface area (Å²) in [7, 11) is 0. The minimum atomic E-state index is -1.54. The van der Waals surface area contributed by atoms with Crippen molar-refractivity contribution in [3.63, 3.8) is 0 Å². The van der Waals surface area contributed by atoms with Crippen LogP contribution in [-0.2, 0) is 14.3 Å². The van der Waals surface area contributed by atoms with Gasteiger partial charge in [-0.05, 0) is 6.92 Å². The van der Waals surface area contributed by atoms with Gasteiger partial charge in [0.25, 0.3) is 0 Å². The van der Waals surface area contributed by atoms with E-state index in [-0.39, 0.29) is 30.6 Å². The molecule has 3 atom stereocenters. The van der Waals surface area contributed by atoms with Crippen LogP contribution >= 0.6 is 11.6 Å². The van der Waals surface area contributed by atoms with Crippen molar-refractivity contribution in [2.75, 3.05) is 12.5 Å². The van der Waals surface area contributed by atoms with E-state index in [0.29, 0.717) is 6.29 Å². The molecule has 1 saturated heterocycles. The van der Waals surface area contributed by atoms with Gasteiger partial charge in [-0.25, -0.2) is 4.39 Å². The van der Waals surface area contributed by atoms with Crippen molar-refractivity contribution in [2.24, 2.45) is 10.7 Å². The van der Waals surface area contributed by atoms with Gasteiger partial charge in [-0.1, -0.05) is 0 Å². The Morgan fingerprint density at radius 3 is 3.09 bits per heavy atom. The molecule has 0 aliphatic carbocycles. The van der Waals surface area contributed by atoms with Crippen molar-refractivity contribution in [1.82, 2.24) is 0 Å². The van der Waals surface area contributed by atoms with Crippen molar-refractivity contribution in [2.45, 2.75) is 31.2 Å². The Hall–Kier alpha value is -1.80. The largest absolute Gasteiger partial charge is 0.549 e. The number of carbonyl (C=O) groups is 2. The number of nitrogens with zero attached hydrogens (tertiary/aromatic N) is 2. The highest BCUT2D eigenvalue weighted by Crippen LogP contribution is 2.32.